The van der Waals surface area contributed by atoms with Crippen molar-refractivity contribution < 1.29 is 0 Å². The van der Waals surface area contributed by atoms with Gasteiger partial charge in [0.25, 0.3) is 0 Å². The molecule has 0 spiro atoms. The van der Waals surface area contributed by atoms with Gasteiger partial charge in [-0.15, -0.1) is 11.3 Å². The molecule has 2 nitrogen and oxygen atoms in total. The van der Waals surface area contributed by atoms with Crippen molar-refractivity contribution in [3.8, 4) is 0 Å². The minimum absolute atomic E-state index is 0.903. The fourth-order valence-corrected chi connectivity index (χ4v) is 3.37. The summed E-state index contributed by atoms with van der Waals surface area (Å²) in [5.74, 6) is 0.903. The summed E-state index contributed by atoms with van der Waals surface area (Å²) in [5.41, 5.74) is 1.45. The normalized spacial score (nSPS) is 20.6. The van der Waals surface area contributed by atoms with Gasteiger partial charge in [-0.25, -0.2) is 0 Å². The molecule has 1 unspecified atom stereocenters. The van der Waals surface area contributed by atoms with Gasteiger partial charge >= 0.3 is 0 Å². The van der Waals surface area contributed by atoms with Gasteiger partial charge in [0.1, 0.15) is 0 Å². The molecule has 1 atom stereocenters. The SMILES string of the molecule is Cc1ccsc1CCNCCC1CCCNC1. The van der Waals surface area contributed by atoms with Gasteiger partial charge in [0.15, 0.2) is 0 Å². The number of hydrogen-bond donors (Lipinski definition) is 2. The lowest BCUT2D eigenvalue weighted by molar-refractivity contribution is 0.352. The highest BCUT2D eigenvalue weighted by molar-refractivity contribution is 7.10. The van der Waals surface area contributed by atoms with Gasteiger partial charge < -0.3 is 10.6 Å². The molecule has 1 aliphatic heterocycles. The highest BCUT2D eigenvalue weighted by Gasteiger charge is 2.11. The Labute approximate surface area is 109 Å². The minimum atomic E-state index is 0.903. The molecule has 2 heterocycles. The molecule has 1 aromatic heterocycles. The van der Waals surface area contributed by atoms with E-state index in [-0.39, 0.29) is 0 Å². The number of rotatable bonds is 6. The molecular formula is C14H24N2S. The van der Waals surface area contributed by atoms with Crippen molar-refractivity contribution in [3.05, 3.63) is 21.9 Å². The lowest BCUT2D eigenvalue weighted by Gasteiger charge is -2.22. The van der Waals surface area contributed by atoms with Crippen molar-refractivity contribution in [2.24, 2.45) is 5.92 Å². The van der Waals surface area contributed by atoms with E-state index in [0.29, 0.717) is 0 Å². The van der Waals surface area contributed by atoms with Crippen LogP contribution in [0.15, 0.2) is 11.4 Å². The van der Waals surface area contributed by atoms with Crippen LogP contribution >= 0.6 is 11.3 Å². The maximum Gasteiger partial charge on any atom is 0.00870 e. The van der Waals surface area contributed by atoms with Crippen LogP contribution in [0.1, 0.15) is 29.7 Å². The van der Waals surface area contributed by atoms with E-state index in [1.165, 1.54) is 55.8 Å². The summed E-state index contributed by atoms with van der Waals surface area (Å²) in [7, 11) is 0. The summed E-state index contributed by atoms with van der Waals surface area (Å²) in [4.78, 5) is 1.54. The number of nitrogens with one attached hydrogen (secondary N) is 2. The smallest absolute Gasteiger partial charge is 0.00870 e. The molecule has 1 aliphatic rings. The van der Waals surface area contributed by atoms with Gasteiger partial charge in [0, 0.05) is 4.88 Å². The number of piperidine rings is 1. The topological polar surface area (TPSA) is 24.1 Å². The zero-order chi connectivity index (χ0) is 11.9. The molecule has 96 valence electrons. The van der Waals surface area contributed by atoms with E-state index in [4.69, 9.17) is 0 Å². The molecule has 2 N–H and O–H groups in total. The molecule has 17 heavy (non-hydrogen) atoms. The van der Waals surface area contributed by atoms with Crippen LogP contribution in [0.3, 0.4) is 0 Å². The Morgan fingerprint density at radius 1 is 1.47 bits per heavy atom. The predicted octanol–water partition coefficient (Wildman–Crippen LogP) is 2.58. The Morgan fingerprint density at radius 2 is 2.41 bits per heavy atom. The zero-order valence-electron chi connectivity index (χ0n) is 10.8. The molecule has 0 radical (unpaired) electrons. The van der Waals surface area contributed by atoms with Crippen molar-refractivity contribution in [1.82, 2.24) is 10.6 Å². The van der Waals surface area contributed by atoms with Gasteiger partial charge in [-0.1, -0.05) is 0 Å². The van der Waals surface area contributed by atoms with E-state index in [1.807, 2.05) is 11.3 Å². The van der Waals surface area contributed by atoms with Crippen LogP contribution < -0.4 is 10.6 Å². The van der Waals surface area contributed by atoms with E-state index in [2.05, 4.69) is 29.0 Å². The molecule has 2 rings (SSSR count). The molecule has 1 saturated heterocycles. The summed E-state index contributed by atoms with van der Waals surface area (Å²) < 4.78 is 0. The van der Waals surface area contributed by atoms with Crippen molar-refractivity contribution >= 4 is 11.3 Å². The first-order valence-corrected chi connectivity index (χ1v) is 7.68. The van der Waals surface area contributed by atoms with Crippen LogP contribution in [0.2, 0.25) is 0 Å². The Kier molecular flexibility index (Phi) is 5.49. The van der Waals surface area contributed by atoms with Crippen molar-refractivity contribution in [2.75, 3.05) is 26.2 Å². The van der Waals surface area contributed by atoms with Crippen LogP contribution in [-0.2, 0) is 6.42 Å². The summed E-state index contributed by atoms with van der Waals surface area (Å²) in [6.07, 6.45) is 5.29. The highest BCUT2D eigenvalue weighted by Crippen LogP contribution is 2.16. The van der Waals surface area contributed by atoms with E-state index >= 15 is 0 Å². The Hall–Kier alpha value is -0.380. The zero-order valence-corrected chi connectivity index (χ0v) is 11.6. The number of aryl methyl sites for hydroxylation is 1. The summed E-state index contributed by atoms with van der Waals surface area (Å²) in [5, 5.41) is 9.25. The second-order valence-electron chi connectivity index (χ2n) is 5.03. The first-order chi connectivity index (χ1) is 8.36. The molecule has 1 aromatic rings. The molecule has 1 fully saturated rings. The molecular weight excluding hydrogens is 228 g/mol. The molecule has 3 heteroatoms. The first kappa shape index (κ1) is 13.1. The average Bonchev–Trinajstić information content (AvgIpc) is 2.76. The quantitative estimate of drug-likeness (QED) is 0.760. The van der Waals surface area contributed by atoms with Gasteiger partial charge in [0.05, 0.1) is 0 Å². The van der Waals surface area contributed by atoms with E-state index in [9.17, 15) is 0 Å². The maximum absolute atomic E-state index is 3.58. The maximum atomic E-state index is 3.58. The van der Waals surface area contributed by atoms with Crippen LogP contribution in [0, 0.1) is 12.8 Å². The third kappa shape index (κ3) is 4.41. The molecule has 0 saturated carbocycles. The van der Waals surface area contributed by atoms with Crippen LogP contribution in [0.5, 0.6) is 0 Å². The van der Waals surface area contributed by atoms with Gasteiger partial charge in [-0.2, -0.15) is 0 Å². The average molecular weight is 252 g/mol. The second-order valence-corrected chi connectivity index (χ2v) is 6.03. The van der Waals surface area contributed by atoms with Crippen LogP contribution in [-0.4, -0.2) is 26.2 Å². The Balaban J connectivity index is 1.53. The van der Waals surface area contributed by atoms with Gasteiger partial charge in [-0.05, 0) is 81.7 Å². The van der Waals surface area contributed by atoms with E-state index in [1.54, 1.807) is 0 Å². The predicted molar refractivity (Wildman–Crippen MR) is 75.8 cm³/mol. The Morgan fingerprint density at radius 3 is 3.12 bits per heavy atom. The fourth-order valence-electron chi connectivity index (χ4n) is 2.46. The first-order valence-electron chi connectivity index (χ1n) is 6.80. The molecule has 0 bridgehead atoms. The lowest BCUT2D eigenvalue weighted by Crippen LogP contribution is -2.32. The van der Waals surface area contributed by atoms with Crippen molar-refractivity contribution in [3.63, 3.8) is 0 Å². The minimum Gasteiger partial charge on any atom is -0.316 e. The van der Waals surface area contributed by atoms with Crippen LogP contribution in [0.25, 0.3) is 0 Å². The van der Waals surface area contributed by atoms with Crippen molar-refractivity contribution in [2.45, 2.75) is 32.6 Å². The number of thiophene rings is 1. The van der Waals surface area contributed by atoms with E-state index < -0.39 is 0 Å². The van der Waals surface area contributed by atoms with Crippen molar-refractivity contribution in [1.29, 1.82) is 0 Å². The van der Waals surface area contributed by atoms with Gasteiger partial charge in [-0.3, -0.25) is 0 Å². The fraction of sp³-hybridized carbons (Fsp3) is 0.714. The number of hydrogen-bond acceptors (Lipinski definition) is 3. The highest BCUT2D eigenvalue weighted by atomic mass is 32.1. The second kappa shape index (κ2) is 7.14. The monoisotopic (exact) mass is 252 g/mol. The van der Waals surface area contributed by atoms with E-state index in [0.717, 1.165) is 12.5 Å². The van der Waals surface area contributed by atoms with Gasteiger partial charge in [0.2, 0.25) is 0 Å². The molecule has 0 aromatic carbocycles. The van der Waals surface area contributed by atoms with Crippen LogP contribution in [0.4, 0.5) is 0 Å². The Bertz CT molecular complexity index is 316. The third-order valence-corrected chi connectivity index (χ3v) is 4.71. The third-order valence-electron chi connectivity index (χ3n) is 3.63. The summed E-state index contributed by atoms with van der Waals surface area (Å²) in [6.45, 7) is 6.96. The summed E-state index contributed by atoms with van der Waals surface area (Å²) in [6, 6.07) is 2.22. The summed E-state index contributed by atoms with van der Waals surface area (Å²) >= 11 is 1.89. The molecule has 0 aliphatic carbocycles. The standard InChI is InChI=1S/C14H24N2S/c1-12-6-10-17-14(12)5-9-15-8-4-13-3-2-7-16-11-13/h6,10,13,15-16H,2-5,7-9,11H2,1H3. The largest absolute Gasteiger partial charge is 0.316 e. The lowest BCUT2D eigenvalue weighted by atomic mass is 9.96. The molecule has 0 amide bonds.